The van der Waals surface area contributed by atoms with Crippen LogP contribution in [0, 0.1) is 17.3 Å². The van der Waals surface area contributed by atoms with E-state index in [-0.39, 0.29) is 9.74 Å². The molecule has 0 N–H and O–H groups in total. The highest BCUT2D eigenvalue weighted by Crippen LogP contribution is 2.65. The second-order valence-electron chi connectivity index (χ2n) is 7.09. The van der Waals surface area contributed by atoms with Crippen LogP contribution in [0.5, 0.6) is 0 Å². The zero-order valence-electron chi connectivity index (χ0n) is 11.1. The van der Waals surface area contributed by atoms with Crippen LogP contribution in [0.2, 0.25) is 0 Å². The fourth-order valence-corrected chi connectivity index (χ4v) is 6.76. The van der Waals surface area contributed by atoms with E-state index in [4.69, 9.17) is 0 Å². The molecule has 0 saturated heterocycles. The maximum absolute atomic E-state index is 13.0. The minimum atomic E-state index is -0.0606. The zero-order valence-corrected chi connectivity index (χ0v) is 12.7. The van der Waals surface area contributed by atoms with Crippen molar-refractivity contribution in [2.45, 2.75) is 42.8 Å². The summed E-state index contributed by atoms with van der Waals surface area (Å²) < 4.78 is 0.265. The summed E-state index contributed by atoms with van der Waals surface area (Å²) in [7, 11) is 0. The van der Waals surface area contributed by atoms with Crippen LogP contribution in [0.15, 0.2) is 30.3 Å². The number of Topliss-reactive ketones (excluding diaryl/α,β-unsaturated/α-hetero) is 1. The van der Waals surface area contributed by atoms with E-state index in [9.17, 15) is 4.79 Å². The van der Waals surface area contributed by atoms with Crippen molar-refractivity contribution in [1.29, 1.82) is 0 Å². The monoisotopic (exact) mass is 318 g/mol. The number of ketones is 1. The zero-order chi connectivity index (χ0) is 13.1. The van der Waals surface area contributed by atoms with E-state index < -0.39 is 0 Å². The first-order valence-corrected chi connectivity index (χ1v) is 8.17. The van der Waals surface area contributed by atoms with Gasteiger partial charge in [0.1, 0.15) is 0 Å². The van der Waals surface area contributed by atoms with Crippen molar-refractivity contribution in [2.75, 3.05) is 0 Å². The van der Waals surface area contributed by atoms with E-state index in [2.05, 4.69) is 15.9 Å². The molecule has 4 atom stereocenters. The third-order valence-electron chi connectivity index (χ3n) is 5.51. The standard InChI is InChI=1S/C17H19BrO/c18-17-9-12-6-13(10-17)8-16(7-12,11-17)15(19)14-4-2-1-3-5-14/h1-5,12-13H,6-11H2/t12-,13+,16?,17?. The molecule has 4 bridgehead atoms. The van der Waals surface area contributed by atoms with Crippen LogP contribution >= 0.6 is 15.9 Å². The fourth-order valence-electron chi connectivity index (χ4n) is 5.31. The lowest BCUT2D eigenvalue weighted by molar-refractivity contribution is -0.0198. The lowest BCUT2D eigenvalue weighted by atomic mass is 9.48. The van der Waals surface area contributed by atoms with Gasteiger partial charge in [0.15, 0.2) is 5.78 Å². The first-order valence-electron chi connectivity index (χ1n) is 7.37. The van der Waals surface area contributed by atoms with Crippen LogP contribution in [0.3, 0.4) is 0 Å². The van der Waals surface area contributed by atoms with E-state index in [1.165, 1.54) is 19.3 Å². The van der Waals surface area contributed by atoms with Gasteiger partial charge in [0.05, 0.1) is 0 Å². The summed E-state index contributed by atoms with van der Waals surface area (Å²) in [5.41, 5.74) is 0.857. The number of carbonyl (C=O) groups excluding carboxylic acids is 1. The molecule has 4 aliphatic carbocycles. The summed E-state index contributed by atoms with van der Waals surface area (Å²) in [6.45, 7) is 0. The number of rotatable bonds is 2. The summed E-state index contributed by atoms with van der Waals surface area (Å²) in [6.07, 6.45) is 7.24. The van der Waals surface area contributed by atoms with Gasteiger partial charge in [-0.05, 0) is 50.4 Å². The largest absolute Gasteiger partial charge is 0.294 e. The molecule has 4 saturated carbocycles. The first kappa shape index (κ1) is 12.1. The Balaban J connectivity index is 1.72. The molecule has 1 aromatic carbocycles. The Hall–Kier alpha value is -0.630. The van der Waals surface area contributed by atoms with E-state index in [0.29, 0.717) is 5.78 Å². The van der Waals surface area contributed by atoms with E-state index in [1.807, 2.05) is 30.3 Å². The predicted molar refractivity (Wildman–Crippen MR) is 79.5 cm³/mol. The summed E-state index contributed by atoms with van der Waals surface area (Å²) in [4.78, 5) is 13.0. The Morgan fingerprint density at radius 2 is 1.68 bits per heavy atom. The average Bonchev–Trinajstić information content (AvgIpc) is 2.36. The molecular weight excluding hydrogens is 300 g/mol. The van der Waals surface area contributed by atoms with Gasteiger partial charge in [0, 0.05) is 15.3 Å². The van der Waals surface area contributed by atoms with Gasteiger partial charge >= 0.3 is 0 Å². The van der Waals surface area contributed by atoms with Crippen LogP contribution in [-0.4, -0.2) is 10.1 Å². The SMILES string of the molecule is O=C(c1ccccc1)C12C[C@@H]3C[C@@H](CC(Br)(C3)C1)C2. The first-order chi connectivity index (χ1) is 9.09. The number of carbonyl (C=O) groups is 1. The highest BCUT2D eigenvalue weighted by atomic mass is 79.9. The Labute approximate surface area is 122 Å². The van der Waals surface area contributed by atoms with Gasteiger partial charge in [0.25, 0.3) is 0 Å². The summed E-state index contributed by atoms with van der Waals surface area (Å²) in [6, 6.07) is 9.93. The lowest BCUT2D eigenvalue weighted by Gasteiger charge is -2.59. The van der Waals surface area contributed by atoms with Gasteiger partial charge in [0.2, 0.25) is 0 Å². The molecule has 0 radical (unpaired) electrons. The molecule has 19 heavy (non-hydrogen) atoms. The van der Waals surface area contributed by atoms with Crippen LogP contribution in [0.4, 0.5) is 0 Å². The van der Waals surface area contributed by atoms with Crippen molar-refractivity contribution in [1.82, 2.24) is 0 Å². The maximum Gasteiger partial charge on any atom is 0.169 e. The van der Waals surface area contributed by atoms with Gasteiger partial charge in [-0.1, -0.05) is 46.3 Å². The molecular formula is C17H19BrO. The Kier molecular flexibility index (Phi) is 2.52. The minimum absolute atomic E-state index is 0.0606. The molecule has 100 valence electrons. The number of halogens is 1. The van der Waals surface area contributed by atoms with Crippen molar-refractivity contribution in [3.63, 3.8) is 0 Å². The minimum Gasteiger partial charge on any atom is -0.294 e. The summed E-state index contributed by atoms with van der Waals surface area (Å²) in [5.74, 6) is 1.95. The van der Waals surface area contributed by atoms with Gasteiger partial charge in [-0.15, -0.1) is 0 Å². The number of hydrogen-bond donors (Lipinski definition) is 0. The molecule has 5 rings (SSSR count). The topological polar surface area (TPSA) is 17.1 Å². The molecule has 4 fully saturated rings. The van der Waals surface area contributed by atoms with Gasteiger partial charge < -0.3 is 0 Å². The second kappa shape index (κ2) is 3.94. The highest BCUT2D eigenvalue weighted by molar-refractivity contribution is 9.10. The molecule has 2 heteroatoms. The van der Waals surface area contributed by atoms with Gasteiger partial charge in [-0.25, -0.2) is 0 Å². The van der Waals surface area contributed by atoms with E-state index in [0.717, 1.165) is 36.7 Å². The lowest BCUT2D eigenvalue weighted by Crippen LogP contribution is -2.55. The Morgan fingerprint density at radius 3 is 2.26 bits per heavy atom. The fraction of sp³-hybridized carbons (Fsp3) is 0.588. The Morgan fingerprint density at radius 1 is 1.05 bits per heavy atom. The third-order valence-corrected chi connectivity index (χ3v) is 6.44. The van der Waals surface area contributed by atoms with Gasteiger partial charge in [-0.3, -0.25) is 4.79 Å². The maximum atomic E-state index is 13.0. The van der Waals surface area contributed by atoms with Crippen LogP contribution in [-0.2, 0) is 0 Å². The normalized spacial score (nSPS) is 43.4. The van der Waals surface area contributed by atoms with Crippen molar-refractivity contribution in [3.8, 4) is 0 Å². The summed E-state index contributed by atoms with van der Waals surface area (Å²) in [5, 5.41) is 0. The second-order valence-corrected chi connectivity index (χ2v) is 8.77. The van der Waals surface area contributed by atoms with Gasteiger partial charge in [-0.2, -0.15) is 0 Å². The number of benzene rings is 1. The molecule has 0 aromatic heterocycles. The quantitative estimate of drug-likeness (QED) is 0.575. The molecule has 4 aliphatic rings. The average molecular weight is 319 g/mol. The molecule has 1 aromatic rings. The highest BCUT2D eigenvalue weighted by Gasteiger charge is 2.59. The number of alkyl halides is 1. The van der Waals surface area contributed by atoms with Crippen LogP contribution in [0.25, 0.3) is 0 Å². The molecule has 0 amide bonds. The van der Waals surface area contributed by atoms with Crippen molar-refractivity contribution in [2.24, 2.45) is 17.3 Å². The molecule has 2 unspecified atom stereocenters. The predicted octanol–water partition coefficient (Wildman–Crippen LogP) is 4.60. The molecule has 0 spiro atoms. The van der Waals surface area contributed by atoms with Crippen molar-refractivity contribution >= 4 is 21.7 Å². The Bertz CT molecular complexity index is 507. The van der Waals surface area contributed by atoms with E-state index >= 15 is 0 Å². The van der Waals surface area contributed by atoms with Crippen molar-refractivity contribution in [3.05, 3.63) is 35.9 Å². The molecule has 1 nitrogen and oxygen atoms in total. The third kappa shape index (κ3) is 1.83. The van der Waals surface area contributed by atoms with Crippen molar-refractivity contribution < 1.29 is 4.79 Å². The molecule has 0 aliphatic heterocycles. The smallest absolute Gasteiger partial charge is 0.169 e. The summed E-state index contributed by atoms with van der Waals surface area (Å²) >= 11 is 3.98. The molecule has 0 heterocycles. The van der Waals surface area contributed by atoms with E-state index in [1.54, 1.807) is 0 Å². The number of hydrogen-bond acceptors (Lipinski definition) is 1. The van der Waals surface area contributed by atoms with Crippen LogP contribution in [0.1, 0.15) is 48.9 Å². The van der Waals surface area contributed by atoms with Crippen LogP contribution < -0.4 is 0 Å².